The number of hydrogen-bond donors (Lipinski definition) is 1. The first kappa shape index (κ1) is 11.7. The Bertz CT molecular complexity index is 321. The van der Waals surface area contributed by atoms with E-state index in [4.69, 9.17) is 0 Å². The van der Waals surface area contributed by atoms with Gasteiger partial charge in [0.2, 0.25) is 5.91 Å². The lowest BCUT2D eigenvalue weighted by atomic mass is 9.97. The molecule has 82 valence electrons. The van der Waals surface area contributed by atoms with E-state index in [1.54, 1.807) is 12.1 Å². The summed E-state index contributed by atoms with van der Waals surface area (Å²) in [5.41, 5.74) is 0.989. The van der Waals surface area contributed by atoms with Gasteiger partial charge in [0, 0.05) is 13.0 Å². The maximum atomic E-state index is 12.7. The molecule has 2 nitrogen and oxygen atoms in total. The van der Waals surface area contributed by atoms with Crippen LogP contribution in [-0.4, -0.2) is 12.5 Å². The number of halogens is 1. The summed E-state index contributed by atoms with van der Waals surface area (Å²) in [6, 6.07) is 6.28. The van der Waals surface area contributed by atoms with Crippen LogP contribution in [0.4, 0.5) is 4.39 Å². The molecule has 0 saturated heterocycles. The van der Waals surface area contributed by atoms with Gasteiger partial charge < -0.3 is 5.32 Å². The topological polar surface area (TPSA) is 29.1 Å². The first-order valence-electron chi connectivity index (χ1n) is 5.15. The van der Waals surface area contributed by atoms with Crippen LogP contribution in [0.15, 0.2) is 24.3 Å². The van der Waals surface area contributed by atoms with Crippen LogP contribution in [0.5, 0.6) is 0 Å². The minimum Gasteiger partial charge on any atom is -0.356 e. The normalized spacial score (nSPS) is 12.2. The van der Waals surface area contributed by atoms with Crippen molar-refractivity contribution in [3.05, 3.63) is 35.6 Å². The van der Waals surface area contributed by atoms with Crippen molar-refractivity contribution in [1.29, 1.82) is 0 Å². The SMILES string of the molecule is CCNC(=O)CC(C)c1ccc(F)cc1. The summed E-state index contributed by atoms with van der Waals surface area (Å²) in [5, 5.41) is 2.74. The summed E-state index contributed by atoms with van der Waals surface area (Å²) in [7, 11) is 0. The number of carbonyl (C=O) groups excluding carboxylic acids is 1. The summed E-state index contributed by atoms with van der Waals surface area (Å²) in [6.45, 7) is 4.50. The Morgan fingerprint density at radius 2 is 2.00 bits per heavy atom. The van der Waals surface area contributed by atoms with Crippen molar-refractivity contribution in [1.82, 2.24) is 5.32 Å². The fourth-order valence-corrected chi connectivity index (χ4v) is 1.46. The van der Waals surface area contributed by atoms with Crippen molar-refractivity contribution >= 4 is 5.91 Å². The molecule has 0 radical (unpaired) electrons. The van der Waals surface area contributed by atoms with Gasteiger partial charge in [0.15, 0.2) is 0 Å². The summed E-state index contributed by atoms with van der Waals surface area (Å²) in [5.74, 6) is -0.0876. The van der Waals surface area contributed by atoms with E-state index >= 15 is 0 Å². The van der Waals surface area contributed by atoms with Gasteiger partial charge in [-0.2, -0.15) is 0 Å². The highest BCUT2D eigenvalue weighted by Crippen LogP contribution is 2.18. The largest absolute Gasteiger partial charge is 0.356 e. The van der Waals surface area contributed by atoms with Crippen LogP contribution >= 0.6 is 0 Å². The third kappa shape index (κ3) is 3.70. The minimum absolute atomic E-state index is 0.0364. The molecule has 0 aromatic heterocycles. The molecule has 1 atom stereocenters. The van der Waals surface area contributed by atoms with Crippen molar-refractivity contribution in [3.8, 4) is 0 Å². The molecule has 0 spiro atoms. The Labute approximate surface area is 89.5 Å². The molecule has 0 fully saturated rings. The highest BCUT2D eigenvalue weighted by molar-refractivity contribution is 5.76. The number of rotatable bonds is 4. The molecule has 1 aromatic carbocycles. The van der Waals surface area contributed by atoms with Gasteiger partial charge in [0.05, 0.1) is 0 Å². The molecule has 1 N–H and O–H groups in total. The Balaban J connectivity index is 2.57. The molecule has 1 amide bonds. The molecule has 1 aromatic rings. The smallest absolute Gasteiger partial charge is 0.220 e. The van der Waals surface area contributed by atoms with E-state index < -0.39 is 0 Å². The average Bonchev–Trinajstić information content (AvgIpc) is 2.18. The molecule has 0 bridgehead atoms. The maximum Gasteiger partial charge on any atom is 0.220 e. The zero-order chi connectivity index (χ0) is 11.3. The highest BCUT2D eigenvalue weighted by Gasteiger charge is 2.10. The van der Waals surface area contributed by atoms with Gasteiger partial charge in [0.1, 0.15) is 5.82 Å². The lowest BCUT2D eigenvalue weighted by Gasteiger charge is -2.11. The maximum absolute atomic E-state index is 12.7. The van der Waals surface area contributed by atoms with Gasteiger partial charge in [-0.1, -0.05) is 19.1 Å². The van der Waals surface area contributed by atoms with Gasteiger partial charge in [-0.3, -0.25) is 4.79 Å². The quantitative estimate of drug-likeness (QED) is 0.810. The Morgan fingerprint density at radius 3 is 2.53 bits per heavy atom. The number of nitrogens with one attached hydrogen (secondary N) is 1. The Kier molecular flexibility index (Phi) is 4.28. The van der Waals surface area contributed by atoms with Gasteiger partial charge in [-0.15, -0.1) is 0 Å². The zero-order valence-electron chi connectivity index (χ0n) is 9.09. The van der Waals surface area contributed by atoms with E-state index in [-0.39, 0.29) is 17.6 Å². The van der Waals surface area contributed by atoms with Crippen molar-refractivity contribution in [3.63, 3.8) is 0 Å². The predicted molar refractivity (Wildman–Crippen MR) is 58.1 cm³/mol. The number of carbonyl (C=O) groups is 1. The van der Waals surface area contributed by atoms with E-state index in [0.717, 1.165) is 5.56 Å². The molecule has 0 aliphatic heterocycles. The standard InChI is InChI=1S/C12H16FNO/c1-3-14-12(15)8-9(2)10-4-6-11(13)7-5-10/h4-7,9H,3,8H2,1-2H3,(H,14,15). The van der Waals surface area contributed by atoms with Crippen LogP contribution in [0.3, 0.4) is 0 Å². The number of hydrogen-bond acceptors (Lipinski definition) is 1. The molecule has 1 unspecified atom stereocenters. The second-order valence-electron chi connectivity index (χ2n) is 3.61. The Morgan fingerprint density at radius 1 is 1.40 bits per heavy atom. The highest BCUT2D eigenvalue weighted by atomic mass is 19.1. The van der Waals surface area contributed by atoms with Gasteiger partial charge >= 0.3 is 0 Å². The molecular formula is C12H16FNO. The van der Waals surface area contributed by atoms with Crippen molar-refractivity contribution in [2.24, 2.45) is 0 Å². The molecule has 0 saturated carbocycles. The lowest BCUT2D eigenvalue weighted by molar-refractivity contribution is -0.121. The summed E-state index contributed by atoms with van der Waals surface area (Å²) in [4.78, 5) is 11.3. The van der Waals surface area contributed by atoms with E-state index in [9.17, 15) is 9.18 Å². The third-order valence-corrected chi connectivity index (χ3v) is 2.30. The van der Waals surface area contributed by atoms with Crippen LogP contribution in [0, 0.1) is 5.82 Å². The van der Waals surface area contributed by atoms with E-state index in [1.165, 1.54) is 12.1 Å². The number of amides is 1. The van der Waals surface area contributed by atoms with Crippen LogP contribution in [-0.2, 0) is 4.79 Å². The van der Waals surface area contributed by atoms with Crippen LogP contribution < -0.4 is 5.32 Å². The predicted octanol–water partition coefficient (Wildman–Crippen LogP) is 2.46. The molecule has 3 heteroatoms. The van der Waals surface area contributed by atoms with Crippen LogP contribution in [0.1, 0.15) is 31.7 Å². The lowest BCUT2D eigenvalue weighted by Crippen LogP contribution is -2.23. The van der Waals surface area contributed by atoms with Crippen LogP contribution in [0.2, 0.25) is 0 Å². The van der Waals surface area contributed by atoms with E-state index in [0.29, 0.717) is 13.0 Å². The Hall–Kier alpha value is -1.38. The molecule has 0 aliphatic carbocycles. The zero-order valence-corrected chi connectivity index (χ0v) is 9.09. The van der Waals surface area contributed by atoms with Gasteiger partial charge in [0.25, 0.3) is 0 Å². The van der Waals surface area contributed by atoms with Gasteiger partial charge in [-0.05, 0) is 30.5 Å². The molecule has 0 heterocycles. The first-order valence-corrected chi connectivity index (χ1v) is 5.15. The summed E-state index contributed by atoms with van der Waals surface area (Å²) < 4.78 is 12.7. The monoisotopic (exact) mass is 209 g/mol. The second kappa shape index (κ2) is 5.49. The third-order valence-electron chi connectivity index (χ3n) is 2.30. The molecular weight excluding hydrogens is 193 g/mol. The fraction of sp³-hybridized carbons (Fsp3) is 0.417. The van der Waals surface area contributed by atoms with Crippen molar-refractivity contribution in [2.75, 3.05) is 6.54 Å². The van der Waals surface area contributed by atoms with Crippen LogP contribution in [0.25, 0.3) is 0 Å². The van der Waals surface area contributed by atoms with Crippen molar-refractivity contribution < 1.29 is 9.18 Å². The van der Waals surface area contributed by atoms with Gasteiger partial charge in [-0.25, -0.2) is 4.39 Å². The molecule has 1 rings (SSSR count). The first-order chi connectivity index (χ1) is 7.13. The van der Waals surface area contributed by atoms with E-state index in [1.807, 2.05) is 13.8 Å². The molecule has 0 aliphatic rings. The summed E-state index contributed by atoms with van der Waals surface area (Å²) in [6.07, 6.45) is 0.444. The second-order valence-corrected chi connectivity index (χ2v) is 3.61. The average molecular weight is 209 g/mol. The minimum atomic E-state index is -0.246. The number of benzene rings is 1. The molecule has 15 heavy (non-hydrogen) atoms. The summed E-state index contributed by atoms with van der Waals surface area (Å²) >= 11 is 0. The van der Waals surface area contributed by atoms with Crippen molar-refractivity contribution in [2.45, 2.75) is 26.2 Å². The fourth-order valence-electron chi connectivity index (χ4n) is 1.46. The van der Waals surface area contributed by atoms with E-state index in [2.05, 4.69) is 5.32 Å².